The quantitative estimate of drug-likeness (QED) is 0.897. The number of carbonyl (C=O) groups is 1. The Morgan fingerprint density at radius 2 is 1.85 bits per heavy atom. The molecular weight excluding hydrogens is 252 g/mol. The Hall–Kier alpha value is -2.36. The topological polar surface area (TPSA) is 62.0 Å². The maximum Gasteiger partial charge on any atom is 0.261 e. The molecule has 4 heteroatoms. The molecule has 0 aliphatic rings. The lowest BCUT2D eigenvalue weighted by Gasteiger charge is -2.09. The number of aromatic amines is 1. The molecular formula is C16H18N2O2. The summed E-state index contributed by atoms with van der Waals surface area (Å²) in [5, 5.41) is 2.73. The van der Waals surface area contributed by atoms with Crippen LogP contribution in [0.15, 0.2) is 41.2 Å². The van der Waals surface area contributed by atoms with Crippen molar-refractivity contribution in [1.29, 1.82) is 0 Å². The monoisotopic (exact) mass is 270 g/mol. The minimum Gasteiger partial charge on any atom is -0.325 e. The zero-order valence-corrected chi connectivity index (χ0v) is 11.7. The van der Waals surface area contributed by atoms with Crippen molar-refractivity contribution in [3.8, 4) is 0 Å². The van der Waals surface area contributed by atoms with Crippen molar-refractivity contribution in [2.45, 2.75) is 26.7 Å². The van der Waals surface area contributed by atoms with Crippen molar-refractivity contribution in [2.75, 3.05) is 5.32 Å². The maximum absolute atomic E-state index is 12.2. The Balaban J connectivity index is 2.33. The first-order valence-electron chi connectivity index (χ1n) is 6.77. The molecule has 0 bridgehead atoms. The van der Waals surface area contributed by atoms with Crippen LogP contribution in [0.5, 0.6) is 0 Å². The summed E-state index contributed by atoms with van der Waals surface area (Å²) < 4.78 is 0. The predicted molar refractivity (Wildman–Crippen MR) is 80.2 cm³/mol. The van der Waals surface area contributed by atoms with Gasteiger partial charge in [0.05, 0.1) is 0 Å². The zero-order chi connectivity index (χ0) is 14.5. The molecule has 0 saturated carbocycles. The molecule has 1 heterocycles. The van der Waals surface area contributed by atoms with E-state index in [1.807, 2.05) is 32.0 Å². The van der Waals surface area contributed by atoms with Gasteiger partial charge in [-0.25, -0.2) is 0 Å². The number of hydrogen-bond acceptors (Lipinski definition) is 2. The smallest absolute Gasteiger partial charge is 0.261 e. The van der Waals surface area contributed by atoms with Crippen molar-refractivity contribution in [3.05, 3.63) is 63.6 Å². The molecule has 1 aromatic carbocycles. The van der Waals surface area contributed by atoms with Crippen LogP contribution in [0.2, 0.25) is 0 Å². The van der Waals surface area contributed by atoms with E-state index in [0.717, 1.165) is 24.1 Å². The Morgan fingerprint density at radius 1 is 1.15 bits per heavy atom. The third-order valence-electron chi connectivity index (χ3n) is 3.23. The number of para-hydroxylation sites is 1. The Labute approximate surface area is 117 Å². The van der Waals surface area contributed by atoms with E-state index in [9.17, 15) is 9.59 Å². The second-order valence-electron chi connectivity index (χ2n) is 4.54. The number of benzene rings is 1. The van der Waals surface area contributed by atoms with Crippen LogP contribution in [0, 0.1) is 0 Å². The van der Waals surface area contributed by atoms with Gasteiger partial charge in [0.1, 0.15) is 5.56 Å². The first-order chi connectivity index (χ1) is 9.65. The molecule has 1 aromatic heterocycles. The number of aromatic nitrogens is 1. The molecule has 0 spiro atoms. The Bertz CT molecular complexity index is 660. The van der Waals surface area contributed by atoms with Gasteiger partial charge in [-0.15, -0.1) is 0 Å². The predicted octanol–water partition coefficient (Wildman–Crippen LogP) is 2.75. The van der Waals surface area contributed by atoms with Crippen LogP contribution in [0.1, 0.15) is 35.5 Å². The number of nitrogens with one attached hydrogen (secondary N) is 2. The van der Waals surface area contributed by atoms with Gasteiger partial charge in [-0.2, -0.15) is 0 Å². The highest BCUT2D eigenvalue weighted by molar-refractivity contribution is 6.04. The van der Waals surface area contributed by atoms with E-state index >= 15 is 0 Å². The largest absolute Gasteiger partial charge is 0.325 e. The molecule has 1 amide bonds. The van der Waals surface area contributed by atoms with E-state index in [1.54, 1.807) is 18.2 Å². The summed E-state index contributed by atoms with van der Waals surface area (Å²) in [6, 6.07) is 10.8. The molecule has 0 unspecified atom stereocenters. The van der Waals surface area contributed by atoms with Crippen LogP contribution in [0.25, 0.3) is 0 Å². The molecule has 0 fully saturated rings. The van der Waals surface area contributed by atoms with Crippen molar-refractivity contribution < 1.29 is 4.79 Å². The van der Waals surface area contributed by atoms with Crippen LogP contribution in [-0.2, 0) is 12.8 Å². The second kappa shape index (κ2) is 6.19. The minimum atomic E-state index is -0.380. The van der Waals surface area contributed by atoms with Crippen LogP contribution in [0.3, 0.4) is 0 Å². The molecule has 2 rings (SSSR count). The Morgan fingerprint density at radius 3 is 2.45 bits per heavy atom. The third kappa shape index (κ3) is 2.96. The third-order valence-corrected chi connectivity index (χ3v) is 3.23. The van der Waals surface area contributed by atoms with E-state index < -0.39 is 0 Å². The van der Waals surface area contributed by atoms with Crippen LogP contribution >= 0.6 is 0 Å². The standard InChI is InChI=1S/C16H18N2O2/c1-3-11-10-13(16(20)18-14(11)4-2)15(19)17-12-8-6-5-7-9-12/h5-10H,3-4H2,1-2H3,(H,17,19)(H,18,20). The average Bonchev–Trinajstić information content (AvgIpc) is 2.47. The first kappa shape index (κ1) is 14.1. The van der Waals surface area contributed by atoms with E-state index in [1.165, 1.54) is 0 Å². The van der Waals surface area contributed by atoms with Crippen molar-refractivity contribution in [1.82, 2.24) is 4.98 Å². The number of rotatable bonds is 4. The number of hydrogen-bond donors (Lipinski definition) is 2. The Kier molecular flexibility index (Phi) is 4.35. The summed E-state index contributed by atoms with van der Waals surface area (Å²) in [6.07, 6.45) is 1.53. The molecule has 20 heavy (non-hydrogen) atoms. The van der Waals surface area contributed by atoms with Gasteiger partial charge in [-0.3, -0.25) is 9.59 Å². The lowest BCUT2D eigenvalue weighted by molar-refractivity contribution is 0.102. The van der Waals surface area contributed by atoms with Crippen molar-refractivity contribution >= 4 is 11.6 Å². The molecule has 0 radical (unpaired) electrons. The molecule has 0 aliphatic carbocycles. The summed E-state index contributed by atoms with van der Waals surface area (Å²) in [4.78, 5) is 26.9. The fourth-order valence-corrected chi connectivity index (χ4v) is 2.13. The number of H-pyrrole nitrogens is 1. The van der Waals surface area contributed by atoms with Crippen LogP contribution in [-0.4, -0.2) is 10.9 Å². The number of anilines is 1. The van der Waals surface area contributed by atoms with Crippen molar-refractivity contribution in [2.24, 2.45) is 0 Å². The number of pyridine rings is 1. The highest BCUT2D eigenvalue weighted by atomic mass is 16.2. The number of carbonyl (C=O) groups excluding carboxylic acids is 1. The highest BCUT2D eigenvalue weighted by Crippen LogP contribution is 2.10. The molecule has 4 nitrogen and oxygen atoms in total. The molecule has 0 atom stereocenters. The molecule has 104 valence electrons. The fraction of sp³-hybridized carbons (Fsp3) is 0.250. The fourth-order valence-electron chi connectivity index (χ4n) is 2.13. The summed E-state index contributed by atoms with van der Waals surface area (Å²) in [7, 11) is 0. The second-order valence-corrected chi connectivity index (χ2v) is 4.54. The van der Waals surface area contributed by atoms with Gasteiger partial charge in [-0.05, 0) is 36.6 Å². The van der Waals surface area contributed by atoms with Crippen LogP contribution < -0.4 is 10.9 Å². The molecule has 0 saturated heterocycles. The van der Waals surface area contributed by atoms with E-state index in [-0.39, 0.29) is 17.0 Å². The van der Waals surface area contributed by atoms with Gasteiger partial charge in [0.15, 0.2) is 0 Å². The maximum atomic E-state index is 12.2. The first-order valence-corrected chi connectivity index (χ1v) is 6.77. The average molecular weight is 270 g/mol. The molecule has 2 aromatic rings. The minimum absolute atomic E-state index is 0.155. The van der Waals surface area contributed by atoms with Gasteiger partial charge in [0, 0.05) is 11.4 Å². The molecule has 2 N–H and O–H groups in total. The van der Waals surface area contributed by atoms with Gasteiger partial charge in [0.2, 0.25) is 0 Å². The van der Waals surface area contributed by atoms with Gasteiger partial charge in [0.25, 0.3) is 11.5 Å². The number of aryl methyl sites for hydroxylation is 2. The lowest BCUT2D eigenvalue weighted by atomic mass is 10.1. The summed E-state index contributed by atoms with van der Waals surface area (Å²) >= 11 is 0. The molecule has 0 aliphatic heterocycles. The van der Waals surface area contributed by atoms with Gasteiger partial charge in [-0.1, -0.05) is 32.0 Å². The summed E-state index contributed by atoms with van der Waals surface area (Å²) in [5.41, 5.74) is 2.39. The van der Waals surface area contributed by atoms with Gasteiger partial charge >= 0.3 is 0 Å². The van der Waals surface area contributed by atoms with Crippen molar-refractivity contribution in [3.63, 3.8) is 0 Å². The summed E-state index contributed by atoms with van der Waals surface area (Å²) in [6.45, 7) is 3.99. The zero-order valence-electron chi connectivity index (χ0n) is 11.7. The van der Waals surface area contributed by atoms with E-state index in [4.69, 9.17) is 0 Å². The van der Waals surface area contributed by atoms with E-state index in [0.29, 0.717) is 5.69 Å². The lowest BCUT2D eigenvalue weighted by Crippen LogP contribution is -2.25. The van der Waals surface area contributed by atoms with Crippen LogP contribution in [0.4, 0.5) is 5.69 Å². The SMILES string of the molecule is CCc1cc(C(=O)Nc2ccccc2)c(=O)[nH]c1CC. The number of amides is 1. The van der Waals surface area contributed by atoms with Gasteiger partial charge < -0.3 is 10.3 Å². The van der Waals surface area contributed by atoms with E-state index in [2.05, 4.69) is 10.3 Å². The highest BCUT2D eigenvalue weighted by Gasteiger charge is 2.13. The normalized spacial score (nSPS) is 10.3. The summed E-state index contributed by atoms with van der Waals surface area (Å²) in [5.74, 6) is -0.380.